The van der Waals surface area contributed by atoms with Crippen LogP contribution >= 0.6 is 0 Å². The van der Waals surface area contributed by atoms with E-state index in [-0.39, 0.29) is 0 Å². The molecule has 1 saturated heterocycles. The van der Waals surface area contributed by atoms with Crippen LogP contribution in [-0.2, 0) is 4.74 Å². The average molecular weight is 369 g/mol. The Morgan fingerprint density at radius 2 is 1.96 bits per heavy atom. The van der Waals surface area contributed by atoms with Gasteiger partial charge in [0.2, 0.25) is 5.82 Å². The Balaban J connectivity index is 1.76. The molecule has 27 heavy (non-hydrogen) atoms. The molecular formula is C18H16FN5O3. The molecule has 0 spiro atoms. The second kappa shape index (κ2) is 7.12. The van der Waals surface area contributed by atoms with E-state index in [1.54, 1.807) is 0 Å². The molecule has 0 bridgehead atoms. The summed E-state index contributed by atoms with van der Waals surface area (Å²) in [4.78, 5) is 20.7. The first-order valence-corrected chi connectivity index (χ1v) is 8.41. The Morgan fingerprint density at radius 1 is 1.19 bits per heavy atom. The molecule has 138 valence electrons. The van der Waals surface area contributed by atoms with Gasteiger partial charge in [0, 0.05) is 25.2 Å². The predicted molar refractivity (Wildman–Crippen MR) is 98.9 cm³/mol. The highest BCUT2D eigenvalue weighted by Crippen LogP contribution is 2.32. The Kier molecular flexibility index (Phi) is 4.51. The number of halogens is 1. The molecule has 2 heterocycles. The van der Waals surface area contributed by atoms with E-state index in [1.807, 2.05) is 24.3 Å². The Labute approximate surface area is 153 Å². The summed E-state index contributed by atoms with van der Waals surface area (Å²) in [5, 5.41) is 14.7. The summed E-state index contributed by atoms with van der Waals surface area (Å²) >= 11 is 0. The highest BCUT2D eigenvalue weighted by Gasteiger charge is 2.19. The number of hydrogen-bond donors (Lipinski definition) is 1. The SMILES string of the molecule is O=[N+]([O-])c1cc2c(Nc3ccccc3N3CCOCC3)ncnc2cc1F. The van der Waals surface area contributed by atoms with Gasteiger partial charge in [0.05, 0.1) is 40.4 Å². The van der Waals surface area contributed by atoms with E-state index in [9.17, 15) is 14.5 Å². The molecule has 1 N–H and O–H groups in total. The van der Waals surface area contributed by atoms with E-state index >= 15 is 0 Å². The molecule has 0 saturated carbocycles. The van der Waals surface area contributed by atoms with Gasteiger partial charge in [0.25, 0.3) is 0 Å². The van der Waals surface area contributed by atoms with Crippen LogP contribution in [0.1, 0.15) is 0 Å². The van der Waals surface area contributed by atoms with Crippen LogP contribution < -0.4 is 10.2 Å². The molecule has 2 aromatic carbocycles. The fourth-order valence-corrected chi connectivity index (χ4v) is 3.09. The highest BCUT2D eigenvalue weighted by atomic mass is 19.1. The lowest BCUT2D eigenvalue weighted by Crippen LogP contribution is -2.36. The zero-order valence-corrected chi connectivity index (χ0v) is 14.3. The first kappa shape index (κ1) is 17.1. The fraction of sp³-hybridized carbons (Fsp3) is 0.222. The summed E-state index contributed by atoms with van der Waals surface area (Å²) in [5.41, 5.74) is 1.46. The van der Waals surface area contributed by atoms with E-state index in [1.165, 1.54) is 6.33 Å². The van der Waals surface area contributed by atoms with Crippen LogP contribution in [-0.4, -0.2) is 41.2 Å². The van der Waals surface area contributed by atoms with Gasteiger partial charge in [-0.15, -0.1) is 0 Å². The predicted octanol–water partition coefficient (Wildman–Crippen LogP) is 3.26. The summed E-state index contributed by atoms with van der Waals surface area (Å²) < 4.78 is 19.3. The Hall–Kier alpha value is -3.33. The first-order chi connectivity index (χ1) is 13.1. The van der Waals surface area contributed by atoms with E-state index in [4.69, 9.17) is 4.74 Å². The molecule has 1 aromatic heterocycles. The zero-order valence-electron chi connectivity index (χ0n) is 14.3. The third kappa shape index (κ3) is 3.36. The third-order valence-corrected chi connectivity index (χ3v) is 4.41. The van der Waals surface area contributed by atoms with Gasteiger partial charge in [0.1, 0.15) is 12.1 Å². The topological polar surface area (TPSA) is 93.4 Å². The molecule has 8 nitrogen and oxygen atoms in total. The number of rotatable bonds is 4. The number of benzene rings is 2. The third-order valence-electron chi connectivity index (χ3n) is 4.41. The molecule has 0 unspecified atom stereocenters. The van der Waals surface area contributed by atoms with Crippen LogP contribution in [0.15, 0.2) is 42.7 Å². The van der Waals surface area contributed by atoms with E-state index in [0.717, 1.165) is 36.6 Å². The van der Waals surface area contributed by atoms with Crippen molar-refractivity contribution in [3.05, 3.63) is 58.7 Å². The minimum absolute atomic E-state index is 0.291. The maximum atomic E-state index is 13.9. The van der Waals surface area contributed by atoms with Crippen molar-refractivity contribution in [3.8, 4) is 0 Å². The Morgan fingerprint density at radius 3 is 2.74 bits per heavy atom. The second-order valence-corrected chi connectivity index (χ2v) is 6.04. The zero-order chi connectivity index (χ0) is 18.8. The minimum Gasteiger partial charge on any atom is -0.378 e. The standard InChI is InChI=1S/C18H16FN5O3/c19-13-10-15-12(9-17(13)24(25)26)18(21-11-20-15)22-14-3-1-2-4-16(14)23-5-7-27-8-6-23/h1-4,9-11H,5-8H2,(H,20,21,22). The lowest BCUT2D eigenvalue weighted by molar-refractivity contribution is -0.387. The number of nitrogens with zero attached hydrogens (tertiary/aromatic N) is 4. The van der Waals surface area contributed by atoms with Crippen LogP contribution in [0.25, 0.3) is 10.9 Å². The fourth-order valence-electron chi connectivity index (χ4n) is 3.09. The maximum absolute atomic E-state index is 13.9. The molecule has 3 aromatic rings. The van der Waals surface area contributed by atoms with Gasteiger partial charge < -0.3 is 15.0 Å². The highest BCUT2D eigenvalue weighted by molar-refractivity contribution is 5.93. The molecule has 9 heteroatoms. The normalized spacial score (nSPS) is 14.3. The largest absolute Gasteiger partial charge is 0.378 e. The van der Waals surface area contributed by atoms with Crippen molar-refractivity contribution in [2.24, 2.45) is 0 Å². The lowest BCUT2D eigenvalue weighted by Gasteiger charge is -2.30. The minimum atomic E-state index is -0.925. The number of aromatic nitrogens is 2. The molecule has 1 aliphatic heterocycles. The quantitative estimate of drug-likeness (QED) is 0.557. The molecule has 0 radical (unpaired) electrons. The van der Waals surface area contributed by atoms with Crippen molar-refractivity contribution < 1.29 is 14.1 Å². The monoisotopic (exact) mass is 369 g/mol. The Bertz CT molecular complexity index is 1010. The number of ether oxygens (including phenoxy) is 1. The van der Waals surface area contributed by atoms with Crippen LogP contribution in [0, 0.1) is 15.9 Å². The molecule has 0 aliphatic carbocycles. The molecule has 4 rings (SSSR count). The van der Waals surface area contributed by atoms with Gasteiger partial charge in [-0.05, 0) is 12.1 Å². The van der Waals surface area contributed by atoms with Crippen LogP contribution in [0.2, 0.25) is 0 Å². The maximum Gasteiger partial charge on any atom is 0.305 e. The van der Waals surface area contributed by atoms with Gasteiger partial charge in [0.15, 0.2) is 0 Å². The lowest BCUT2D eigenvalue weighted by atomic mass is 10.2. The molecule has 0 atom stereocenters. The molecular weight excluding hydrogens is 353 g/mol. The summed E-state index contributed by atoms with van der Waals surface area (Å²) in [6.07, 6.45) is 1.30. The number of para-hydroxylation sites is 2. The summed E-state index contributed by atoms with van der Waals surface area (Å²) in [6, 6.07) is 9.92. The van der Waals surface area contributed by atoms with Gasteiger partial charge in [-0.25, -0.2) is 9.97 Å². The van der Waals surface area contributed by atoms with Crippen molar-refractivity contribution in [1.29, 1.82) is 0 Å². The number of fused-ring (bicyclic) bond motifs is 1. The van der Waals surface area contributed by atoms with Gasteiger partial charge in [-0.2, -0.15) is 4.39 Å². The number of nitrogens with one attached hydrogen (secondary N) is 1. The average Bonchev–Trinajstić information content (AvgIpc) is 2.68. The van der Waals surface area contributed by atoms with E-state index in [0.29, 0.717) is 29.9 Å². The van der Waals surface area contributed by atoms with E-state index < -0.39 is 16.4 Å². The van der Waals surface area contributed by atoms with Gasteiger partial charge in [-0.1, -0.05) is 12.1 Å². The van der Waals surface area contributed by atoms with Gasteiger partial charge in [-0.3, -0.25) is 10.1 Å². The van der Waals surface area contributed by atoms with Crippen molar-refractivity contribution in [2.75, 3.05) is 36.5 Å². The van der Waals surface area contributed by atoms with Crippen molar-refractivity contribution in [1.82, 2.24) is 9.97 Å². The molecule has 1 fully saturated rings. The smallest absolute Gasteiger partial charge is 0.305 e. The number of morpholine rings is 1. The van der Waals surface area contributed by atoms with Crippen LogP contribution in [0.4, 0.5) is 27.3 Å². The summed E-state index contributed by atoms with van der Waals surface area (Å²) in [5.74, 6) is -0.547. The number of nitro benzene ring substituents is 1. The second-order valence-electron chi connectivity index (χ2n) is 6.04. The molecule has 1 aliphatic rings. The number of nitro groups is 1. The van der Waals surface area contributed by atoms with Crippen LogP contribution in [0.5, 0.6) is 0 Å². The van der Waals surface area contributed by atoms with E-state index in [2.05, 4.69) is 20.2 Å². The van der Waals surface area contributed by atoms with Crippen molar-refractivity contribution in [3.63, 3.8) is 0 Å². The number of hydrogen-bond acceptors (Lipinski definition) is 7. The van der Waals surface area contributed by atoms with Crippen molar-refractivity contribution in [2.45, 2.75) is 0 Å². The van der Waals surface area contributed by atoms with Crippen molar-refractivity contribution >= 4 is 33.8 Å². The molecule has 0 amide bonds. The van der Waals surface area contributed by atoms with Gasteiger partial charge >= 0.3 is 5.69 Å². The van der Waals surface area contributed by atoms with Crippen LogP contribution in [0.3, 0.4) is 0 Å². The first-order valence-electron chi connectivity index (χ1n) is 8.41. The summed E-state index contributed by atoms with van der Waals surface area (Å²) in [6.45, 7) is 2.83. The number of anilines is 3. The summed E-state index contributed by atoms with van der Waals surface area (Å²) in [7, 11) is 0.